The van der Waals surface area contributed by atoms with Crippen LogP contribution in [0.3, 0.4) is 0 Å². The van der Waals surface area contributed by atoms with Crippen LogP contribution in [0.4, 0.5) is 14.9 Å². The third kappa shape index (κ3) is 6.07. The van der Waals surface area contributed by atoms with Crippen molar-refractivity contribution in [2.75, 3.05) is 11.0 Å². The van der Waals surface area contributed by atoms with Crippen molar-refractivity contribution in [1.29, 1.82) is 0 Å². The fourth-order valence-electron chi connectivity index (χ4n) is 2.23. The molecule has 0 heterocycles. The molecule has 134 valence electrons. The fraction of sp³-hybridized carbons (Fsp3) is 0.235. The van der Waals surface area contributed by atoms with Gasteiger partial charge in [0.2, 0.25) is 10.0 Å². The van der Waals surface area contributed by atoms with Crippen LogP contribution in [0.5, 0.6) is 0 Å². The number of anilines is 1. The highest BCUT2D eigenvalue weighted by atomic mass is 32.2. The molecule has 0 aliphatic carbocycles. The predicted octanol–water partition coefficient (Wildman–Crippen LogP) is 2.76. The molecule has 8 heteroatoms. The maximum atomic E-state index is 13.5. The molecule has 0 aliphatic rings. The molecular formula is C17H20FN3O3S. The van der Waals surface area contributed by atoms with Gasteiger partial charge in [0.05, 0.1) is 12.3 Å². The molecule has 2 rings (SSSR count). The van der Waals surface area contributed by atoms with Gasteiger partial charge in [-0.1, -0.05) is 30.3 Å². The summed E-state index contributed by atoms with van der Waals surface area (Å²) >= 11 is 0. The lowest BCUT2D eigenvalue weighted by atomic mass is 10.1. The van der Waals surface area contributed by atoms with E-state index in [1.165, 1.54) is 6.07 Å². The van der Waals surface area contributed by atoms with E-state index in [9.17, 15) is 17.6 Å². The van der Waals surface area contributed by atoms with Crippen molar-refractivity contribution in [2.45, 2.75) is 19.5 Å². The van der Waals surface area contributed by atoms with Gasteiger partial charge in [0.15, 0.2) is 0 Å². The van der Waals surface area contributed by atoms with Crippen LogP contribution in [0.15, 0.2) is 48.5 Å². The Labute approximate surface area is 146 Å². The van der Waals surface area contributed by atoms with Crippen molar-refractivity contribution in [1.82, 2.24) is 10.6 Å². The summed E-state index contributed by atoms with van der Waals surface area (Å²) in [5.41, 5.74) is 1.54. The van der Waals surface area contributed by atoms with Gasteiger partial charge in [-0.15, -0.1) is 0 Å². The Kier molecular flexibility index (Phi) is 5.97. The Morgan fingerprint density at radius 1 is 1.16 bits per heavy atom. The average Bonchev–Trinajstić information content (AvgIpc) is 2.52. The highest BCUT2D eigenvalue weighted by Crippen LogP contribution is 2.18. The summed E-state index contributed by atoms with van der Waals surface area (Å²) in [5.74, 6) is -0.379. The number of benzene rings is 2. The van der Waals surface area contributed by atoms with E-state index in [1.807, 2.05) is 0 Å². The molecule has 0 unspecified atom stereocenters. The van der Waals surface area contributed by atoms with E-state index in [4.69, 9.17) is 0 Å². The van der Waals surface area contributed by atoms with Crippen LogP contribution in [0, 0.1) is 5.82 Å². The van der Waals surface area contributed by atoms with E-state index >= 15 is 0 Å². The maximum Gasteiger partial charge on any atom is 0.315 e. The van der Waals surface area contributed by atoms with Crippen LogP contribution in [0.1, 0.15) is 24.1 Å². The van der Waals surface area contributed by atoms with Gasteiger partial charge in [-0.2, -0.15) is 0 Å². The van der Waals surface area contributed by atoms with Crippen LogP contribution >= 0.6 is 0 Å². The summed E-state index contributed by atoms with van der Waals surface area (Å²) in [7, 11) is -3.37. The predicted molar refractivity (Wildman–Crippen MR) is 95.1 cm³/mol. The minimum absolute atomic E-state index is 0.0703. The normalized spacial score (nSPS) is 12.3. The SMILES string of the molecule is C[C@H](NC(=O)NCc1ccccc1F)c1cccc(NS(C)(=O)=O)c1. The van der Waals surface area contributed by atoms with Crippen molar-refractivity contribution in [2.24, 2.45) is 0 Å². The largest absolute Gasteiger partial charge is 0.334 e. The summed E-state index contributed by atoms with van der Waals surface area (Å²) in [6.45, 7) is 1.84. The van der Waals surface area contributed by atoms with Gasteiger partial charge >= 0.3 is 6.03 Å². The maximum absolute atomic E-state index is 13.5. The van der Waals surface area contributed by atoms with E-state index in [2.05, 4.69) is 15.4 Å². The van der Waals surface area contributed by atoms with Gasteiger partial charge in [-0.05, 0) is 30.7 Å². The quantitative estimate of drug-likeness (QED) is 0.736. The molecule has 25 heavy (non-hydrogen) atoms. The lowest BCUT2D eigenvalue weighted by Gasteiger charge is -2.16. The number of sulfonamides is 1. The summed E-state index contributed by atoms with van der Waals surface area (Å²) < 4.78 is 38.5. The molecule has 6 nitrogen and oxygen atoms in total. The molecule has 0 saturated heterocycles. The van der Waals surface area contributed by atoms with Crippen LogP contribution in [0.25, 0.3) is 0 Å². The zero-order valence-corrected chi connectivity index (χ0v) is 14.7. The Hall–Kier alpha value is -2.61. The zero-order valence-electron chi connectivity index (χ0n) is 13.9. The minimum Gasteiger partial charge on any atom is -0.334 e. The fourth-order valence-corrected chi connectivity index (χ4v) is 2.79. The van der Waals surface area contributed by atoms with Crippen LogP contribution in [0.2, 0.25) is 0 Å². The Balaban J connectivity index is 1.95. The second-order valence-corrected chi connectivity index (χ2v) is 7.39. The van der Waals surface area contributed by atoms with E-state index < -0.39 is 16.1 Å². The first-order chi connectivity index (χ1) is 11.7. The number of halogens is 1. The van der Waals surface area contributed by atoms with Gasteiger partial charge in [-0.25, -0.2) is 17.6 Å². The first-order valence-corrected chi connectivity index (χ1v) is 9.49. The minimum atomic E-state index is -3.37. The van der Waals surface area contributed by atoms with Gasteiger partial charge in [-0.3, -0.25) is 4.72 Å². The third-order valence-electron chi connectivity index (χ3n) is 3.43. The zero-order chi connectivity index (χ0) is 18.4. The molecule has 2 aromatic rings. The third-order valence-corrected chi connectivity index (χ3v) is 4.04. The number of amides is 2. The molecular weight excluding hydrogens is 345 g/mol. The standard InChI is InChI=1S/C17H20FN3O3S/c1-12(13-7-5-8-15(10-13)21-25(2,23)24)20-17(22)19-11-14-6-3-4-9-16(14)18/h3-10,12,21H,11H2,1-2H3,(H2,19,20,22)/t12-/m0/s1. The van der Waals surface area contributed by atoms with Gasteiger partial charge in [0.1, 0.15) is 5.82 Å². The van der Waals surface area contributed by atoms with Crippen molar-refractivity contribution in [3.8, 4) is 0 Å². The topological polar surface area (TPSA) is 87.3 Å². The van der Waals surface area contributed by atoms with E-state index in [0.29, 0.717) is 11.3 Å². The van der Waals surface area contributed by atoms with Crippen molar-refractivity contribution in [3.63, 3.8) is 0 Å². The second kappa shape index (κ2) is 7.98. The number of nitrogens with one attached hydrogen (secondary N) is 3. The molecule has 0 aromatic heterocycles. The molecule has 0 radical (unpaired) electrons. The molecule has 1 atom stereocenters. The molecule has 0 bridgehead atoms. The Bertz CT molecular complexity index is 856. The summed E-state index contributed by atoms with van der Waals surface area (Å²) in [6, 6.07) is 12.1. The van der Waals surface area contributed by atoms with Gasteiger partial charge in [0, 0.05) is 17.8 Å². The summed E-state index contributed by atoms with van der Waals surface area (Å²) in [5, 5.41) is 5.32. The van der Waals surface area contributed by atoms with E-state index in [-0.39, 0.29) is 18.4 Å². The second-order valence-electron chi connectivity index (χ2n) is 5.64. The van der Waals surface area contributed by atoms with Crippen molar-refractivity contribution >= 4 is 21.7 Å². The first-order valence-electron chi connectivity index (χ1n) is 7.60. The van der Waals surface area contributed by atoms with Crippen molar-refractivity contribution < 1.29 is 17.6 Å². The highest BCUT2D eigenvalue weighted by molar-refractivity contribution is 7.92. The highest BCUT2D eigenvalue weighted by Gasteiger charge is 2.11. The molecule has 0 fully saturated rings. The van der Waals surface area contributed by atoms with Crippen LogP contribution < -0.4 is 15.4 Å². The molecule has 3 N–H and O–H groups in total. The molecule has 0 spiro atoms. The number of rotatable bonds is 6. The van der Waals surface area contributed by atoms with Crippen LogP contribution in [-0.2, 0) is 16.6 Å². The number of hydrogen-bond acceptors (Lipinski definition) is 3. The summed E-state index contributed by atoms with van der Waals surface area (Å²) in [6.07, 6.45) is 1.07. The smallest absolute Gasteiger partial charge is 0.315 e. The first kappa shape index (κ1) is 18.7. The number of hydrogen-bond donors (Lipinski definition) is 3. The lowest BCUT2D eigenvalue weighted by Crippen LogP contribution is -2.36. The van der Waals surface area contributed by atoms with Gasteiger partial charge in [0.25, 0.3) is 0 Å². The molecule has 2 aromatic carbocycles. The molecule has 2 amide bonds. The van der Waals surface area contributed by atoms with E-state index in [0.717, 1.165) is 11.8 Å². The van der Waals surface area contributed by atoms with Crippen LogP contribution in [-0.4, -0.2) is 20.7 Å². The Morgan fingerprint density at radius 2 is 1.88 bits per heavy atom. The molecule has 0 aliphatic heterocycles. The number of carbonyl (C=O) groups excluding carboxylic acids is 1. The summed E-state index contributed by atoms with van der Waals surface area (Å²) in [4.78, 5) is 12.0. The number of carbonyl (C=O) groups is 1. The van der Waals surface area contributed by atoms with E-state index in [1.54, 1.807) is 49.4 Å². The Morgan fingerprint density at radius 3 is 2.56 bits per heavy atom. The lowest BCUT2D eigenvalue weighted by molar-refractivity contribution is 0.237. The van der Waals surface area contributed by atoms with Crippen molar-refractivity contribution in [3.05, 3.63) is 65.5 Å². The number of urea groups is 1. The average molecular weight is 365 g/mol. The monoisotopic (exact) mass is 365 g/mol. The van der Waals surface area contributed by atoms with Gasteiger partial charge < -0.3 is 10.6 Å². The molecule has 0 saturated carbocycles.